The summed E-state index contributed by atoms with van der Waals surface area (Å²) < 4.78 is 13.8. The van der Waals surface area contributed by atoms with Gasteiger partial charge in [0.2, 0.25) is 5.82 Å². The molecule has 1 aromatic rings. The van der Waals surface area contributed by atoms with Gasteiger partial charge in [-0.1, -0.05) is 27.7 Å². The average molecular weight is 282 g/mol. The van der Waals surface area contributed by atoms with Crippen molar-refractivity contribution in [2.24, 2.45) is 5.41 Å². The Morgan fingerprint density at radius 2 is 1.95 bits per heavy atom. The first-order valence-electron chi connectivity index (χ1n) is 6.89. The molecule has 112 valence electrons. The van der Waals surface area contributed by atoms with E-state index in [4.69, 9.17) is 0 Å². The molecule has 4 nitrogen and oxygen atoms in total. The molecule has 0 aromatic heterocycles. The third-order valence-corrected chi connectivity index (χ3v) is 3.76. The summed E-state index contributed by atoms with van der Waals surface area (Å²) in [5.41, 5.74) is 1.19. The minimum atomic E-state index is -0.775. The van der Waals surface area contributed by atoms with Crippen LogP contribution < -0.4 is 4.90 Å². The molecule has 5 heteroatoms. The van der Waals surface area contributed by atoms with Crippen molar-refractivity contribution in [1.29, 1.82) is 0 Å². The van der Waals surface area contributed by atoms with Crippen LogP contribution in [0.3, 0.4) is 0 Å². The Morgan fingerprint density at radius 1 is 1.35 bits per heavy atom. The third kappa shape index (κ3) is 3.68. The number of anilines is 1. The lowest BCUT2D eigenvalue weighted by Crippen LogP contribution is -2.31. The van der Waals surface area contributed by atoms with Crippen molar-refractivity contribution in [3.05, 3.63) is 33.6 Å². The summed E-state index contributed by atoms with van der Waals surface area (Å²) in [5.74, 6) is -0.775. The van der Waals surface area contributed by atoms with Crippen molar-refractivity contribution in [3.8, 4) is 0 Å². The predicted octanol–water partition coefficient (Wildman–Crippen LogP) is 4.17. The number of nitrogens with zero attached hydrogens (tertiary/aromatic N) is 2. The number of aryl methyl sites for hydroxylation is 1. The lowest BCUT2D eigenvalue weighted by molar-refractivity contribution is -0.387. The zero-order valence-corrected chi connectivity index (χ0v) is 12.9. The van der Waals surface area contributed by atoms with E-state index in [-0.39, 0.29) is 5.41 Å². The molecular formula is C15H23FN2O2. The summed E-state index contributed by atoms with van der Waals surface area (Å²) in [4.78, 5) is 12.1. The molecule has 0 saturated heterocycles. The minimum absolute atomic E-state index is 0.109. The van der Waals surface area contributed by atoms with E-state index < -0.39 is 16.4 Å². The van der Waals surface area contributed by atoms with E-state index in [1.165, 1.54) is 12.1 Å². The second kappa shape index (κ2) is 6.20. The predicted molar refractivity (Wildman–Crippen MR) is 79.8 cm³/mol. The van der Waals surface area contributed by atoms with Gasteiger partial charge in [-0.15, -0.1) is 0 Å². The first kappa shape index (κ1) is 16.4. The first-order valence-corrected chi connectivity index (χ1v) is 6.89. The van der Waals surface area contributed by atoms with Crippen molar-refractivity contribution in [2.45, 2.75) is 40.5 Å². The second-order valence-electron chi connectivity index (χ2n) is 5.92. The van der Waals surface area contributed by atoms with Crippen LogP contribution in [0.25, 0.3) is 0 Å². The van der Waals surface area contributed by atoms with Gasteiger partial charge >= 0.3 is 5.69 Å². The SMILES string of the molecule is CCc1cc([N+](=O)[O-])c(F)cc1N(C)CC(C)(C)CC. The van der Waals surface area contributed by atoms with E-state index in [0.717, 1.165) is 24.2 Å². The van der Waals surface area contributed by atoms with Crippen molar-refractivity contribution in [3.63, 3.8) is 0 Å². The van der Waals surface area contributed by atoms with E-state index >= 15 is 0 Å². The largest absolute Gasteiger partial charge is 0.374 e. The lowest BCUT2D eigenvalue weighted by Gasteiger charge is -2.31. The number of hydrogen-bond donors (Lipinski definition) is 0. The van der Waals surface area contributed by atoms with Gasteiger partial charge in [0.15, 0.2) is 0 Å². The zero-order valence-electron chi connectivity index (χ0n) is 12.9. The average Bonchev–Trinajstić information content (AvgIpc) is 2.37. The Bertz CT molecular complexity index is 501. The summed E-state index contributed by atoms with van der Waals surface area (Å²) in [5, 5.41) is 10.8. The highest BCUT2D eigenvalue weighted by atomic mass is 19.1. The van der Waals surface area contributed by atoms with Gasteiger partial charge in [0.1, 0.15) is 0 Å². The van der Waals surface area contributed by atoms with Crippen LogP contribution in [-0.4, -0.2) is 18.5 Å². The van der Waals surface area contributed by atoms with E-state index in [1.807, 2.05) is 18.9 Å². The van der Waals surface area contributed by atoms with Crippen molar-refractivity contribution < 1.29 is 9.31 Å². The van der Waals surface area contributed by atoms with Crippen LogP contribution in [0.15, 0.2) is 12.1 Å². The molecule has 0 heterocycles. The number of nitro groups is 1. The summed E-state index contributed by atoms with van der Waals surface area (Å²) in [6.07, 6.45) is 1.64. The molecule has 0 atom stereocenters. The monoisotopic (exact) mass is 282 g/mol. The van der Waals surface area contributed by atoms with Crippen LogP contribution in [0, 0.1) is 21.3 Å². The standard InChI is InChI=1S/C15H23FN2O2/c1-6-11-8-14(18(19)20)12(16)9-13(11)17(5)10-15(3,4)7-2/h8-9H,6-7,10H2,1-5H3. The fourth-order valence-corrected chi connectivity index (χ4v) is 2.21. The third-order valence-electron chi connectivity index (χ3n) is 3.76. The molecule has 1 aromatic carbocycles. The number of halogens is 1. The quantitative estimate of drug-likeness (QED) is 0.581. The summed E-state index contributed by atoms with van der Waals surface area (Å²) in [7, 11) is 1.90. The van der Waals surface area contributed by atoms with E-state index in [1.54, 1.807) is 0 Å². The number of benzene rings is 1. The van der Waals surface area contributed by atoms with Gasteiger partial charge in [0.05, 0.1) is 4.92 Å². The molecule has 0 bridgehead atoms. The van der Waals surface area contributed by atoms with Crippen LogP contribution >= 0.6 is 0 Å². The first-order chi connectivity index (χ1) is 9.21. The van der Waals surface area contributed by atoms with Crippen molar-refractivity contribution in [2.75, 3.05) is 18.5 Å². The van der Waals surface area contributed by atoms with Crippen molar-refractivity contribution >= 4 is 11.4 Å². The molecular weight excluding hydrogens is 259 g/mol. The molecule has 20 heavy (non-hydrogen) atoms. The highest BCUT2D eigenvalue weighted by molar-refractivity contribution is 5.58. The highest BCUT2D eigenvalue weighted by Crippen LogP contribution is 2.31. The molecule has 0 aliphatic rings. The van der Waals surface area contributed by atoms with Gasteiger partial charge in [-0.3, -0.25) is 10.1 Å². The lowest BCUT2D eigenvalue weighted by atomic mass is 9.89. The maximum Gasteiger partial charge on any atom is 0.305 e. The van der Waals surface area contributed by atoms with Crippen LogP contribution in [0.5, 0.6) is 0 Å². The molecule has 0 aliphatic carbocycles. The van der Waals surface area contributed by atoms with Crippen LogP contribution in [0.4, 0.5) is 15.8 Å². The Morgan fingerprint density at radius 3 is 2.40 bits per heavy atom. The molecule has 0 amide bonds. The Balaban J connectivity index is 3.18. The second-order valence-corrected chi connectivity index (χ2v) is 5.92. The van der Waals surface area contributed by atoms with Gasteiger partial charge in [0.25, 0.3) is 0 Å². The Labute approximate surface area is 119 Å². The zero-order chi connectivity index (χ0) is 15.5. The van der Waals surface area contributed by atoms with Crippen LogP contribution in [0.1, 0.15) is 39.7 Å². The summed E-state index contributed by atoms with van der Waals surface area (Å²) >= 11 is 0. The Hall–Kier alpha value is -1.65. The molecule has 0 aliphatic heterocycles. The van der Waals surface area contributed by atoms with Gasteiger partial charge in [-0.2, -0.15) is 4.39 Å². The maximum atomic E-state index is 13.8. The van der Waals surface area contributed by atoms with Crippen molar-refractivity contribution in [1.82, 2.24) is 0 Å². The van der Waals surface area contributed by atoms with E-state index in [2.05, 4.69) is 20.8 Å². The van der Waals surface area contributed by atoms with E-state index in [9.17, 15) is 14.5 Å². The fourth-order valence-electron chi connectivity index (χ4n) is 2.21. The maximum absolute atomic E-state index is 13.8. The molecule has 0 radical (unpaired) electrons. The molecule has 0 saturated carbocycles. The summed E-state index contributed by atoms with van der Waals surface area (Å²) in [6.45, 7) is 9.10. The minimum Gasteiger partial charge on any atom is -0.374 e. The smallest absolute Gasteiger partial charge is 0.305 e. The molecule has 1 rings (SSSR count). The van der Waals surface area contributed by atoms with Gasteiger partial charge < -0.3 is 4.90 Å². The van der Waals surface area contributed by atoms with Crippen LogP contribution in [0.2, 0.25) is 0 Å². The molecule has 0 spiro atoms. The number of hydrogen-bond acceptors (Lipinski definition) is 3. The van der Waals surface area contributed by atoms with Crippen LogP contribution in [-0.2, 0) is 6.42 Å². The molecule has 0 N–H and O–H groups in total. The normalized spacial score (nSPS) is 11.5. The summed E-state index contributed by atoms with van der Waals surface area (Å²) in [6, 6.07) is 2.63. The van der Waals surface area contributed by atoms with Gasteiger partial charge in [0, 0.05) is 31.4 Å². The highest BCUT2D eigenvalue weighted by Gasteiger charge is 2.23. The Kier molecular flexibility index (Phi) is 5.09. The molecule has 0 fully saturated rings. The number of rotatable bonds is 6. The van der Waals surface area contributed by atoms with Gasteiger partial charge in [-0.05, 0) is 23.8 Å². The van der Waals surface area contributed by atoms with E-state index in [0.29, 0.717) is 6.42 Å². The number of nitro benzene ring substituents is 1. The fraction of sp³-hybridized carbons (Fsp3) is 0.600. The molecule has 0 unspecified atom stereocenters. The topological polar surface area (TPSA) is 46.4 Å². The van der Waals surface area contributed by atoms with Gasteiger partial charge in [-0.25, -0.2) is 0 Å².